The highest BCUT2D eigenvalue weighted by Crippen LogP contribution is 2.18. The van der Waals surface area contributed by atoms with Crippen LogP contribution in [-0.4, -0.2) is 69.8 Å². The summed E-state index contributed by atoms with van der Waals surface area (Å²) in [7, 11) is 6.34. The van der Waals surface area contributed by atoms with Gasteiger partial charge in [0.05, 0.1) is 19.2 Å². The van der Waals surface area contributed by atoms with E-state index in [0.717, 1.165) is 45.2 Å². The van der Waals surface area contributed by atoms with Gasteiger partial charge in [-0.05, 0) is 33.0 Å². The molecule has 0 amide bonds. The van der Waals surface area contributed by atoms with Crippen LogP contribution < -0.4 is 5.32 Å². The molecule has 1 aromatic carbocycles. The molecule has 2 atom stereocenters. The number of ether oxygens (including phenoxy) is 1. The minimum absolute atomic E-state index is 0. The second-order valence-electron chi connectivity index (χ2n) is 6.69. The SMILES string of the molecule is CCNC(=NCC(c1ccccc1)N(C)C)N(C)CC1CCOC1.I. The van der Waals surface area contributed by atoms with E-state index in [0.29, 0.717) is 5.92 Å². The zero-order valence-electron chi connectivity index (χ0n) is 15.9. The molecular formula is C19H33IN4O. The van der Waals surface area contributed by atoms with Crippen molar-refractivity contribution in [3.63, 3.8) is 0 Å². The van der Waals surface area contributed by atoms with Crippen LogP contribution in [0.1, 0.15) is 24.9 Å². The molecule has 2 rings (SSSR count). The maximum absolute atomic E-state index is 5.49. The largest absolute Gasteiger partial charge is 0.381 e. The number of hydrogen-bond donors (Lipinski definition) is 1. The first-order valence-corrected chi connectivity index (χ1v) is 8.90. The number of nitrogens with zero attached hydrogens (tertiary/aromatic N) is 3. The third-order valence-electron chi connectivity index (χ3n) is 4.47. The van der Waals surface area contributed by atoms with Gasteiger partial charge in [-0.25, -0.2) is 0 Å². The quantitative estimate of drug-likeness (QED) is 0.386. The van der Waals surface area contributed by atoms with Gasteiger partial charge in [0.25, 0.3) is 0 Å². The van der Waals surface area contributed by atoms with E-state index >= 15 is 0 Å². The van der Waals surface area contributed by atoms with Crippen LogP contribution in [0.2, 0.25) is 0 Å². The Kier molecular flexibility index (Phi) is 10.4. The predicted octanol–water partition coefficient (Wildman–Crippen LogP) is 2.84. The van der Waals surface area contributed by atoms with Gasteiger partial charge in [-0.3, -0.25) is 4.99 Å². The molecule has 25 heavy (non-hydrogen) atoms. The van der Waals surface area contributed by atoms with E-state index in [1.807, 2.05) is 0 Å². The first-order chi connectivity index (χ1) is 11.6. The first kappa shape index (κ1) is 22.2. The number of rotatable bonds is 7. The van der Waals surface area contributed by atoms with Crippen LogP contribution in [0, 0.1) is 5.92 Å². The van der Waals surface area contributed by atoms with Gasteiger partial charge in [-0.2, -0.15) is 0 Å². The van der Waals surface area contributed by atoms with Crippen LogP contribution in [-0.2, 0) is 4.74 Å². The minimum Gasteiger partial charge on any atom is -0.381 e. The maximum Gasteiger partial charge on any atom is 0.193 e. The average Bonchev–Trinajstić information content (AvgIpc) is 3.07. The van der Waals surface area contributed by atoms with Crippen LogP contribution in [0.15, 0.2) is 35.3 Å². The summed E-state index contributed by atoms with van der Waals surface area (Å²) in [6.07, 6.45) is 1.15. The monoisotopic (exact) mass is 460 g/mol. The topological polar surface area (TPSA) is 40.1 Å². The Morgan fingerprint density at radius 1 is 1.28 bits per heavy atom. The predicted molar refractivity (Wildman–Crippen MR) is 116 cm³/mol. The van der Waals surface area contributed by atoms with Crippen molar-refractivity contribution in [2.24, 2.45) is 10.9 Å². The highest BCUT2D eigenvalue weighted by atomic mass is 127. The summed E-state index contributed by atoms with van der Waals surface area (Å²) < 4.78 is 5.49. The number of hydrogen-bond acceptors (Lipinski definition) is 3. The molecule has 0 spiro atoms. The lowest BCUT2D eigenvalue weighted by atomic mass is 10.1. The van der Waals surface area contributed by atoms with Crippen LogP contribution >= 0.6 is 24.0 Å². The molecule has 1 fully saturated rings. The fourth-order valence-corrected chi connectivity index (χ4v) is 3.09. The summed E-state index contributed by atoms with van der Waals surface area (Å²) >= 11 is 0. The number of halogens is 1. The van der Waals surface area contributed by atoms with Gasteiger partial charge in [-0.15, -0.1) is 24.0 Å². The summed E-state index contributed by atoms with van der Waals surface area (Å²) in [5, 5.41) is 3.42. The van der Waals surface area contributed by atoms with E-state index in [4.69, 9.17) is 9.73 Å². The molecule has 1 saturated heterocycles. The van der Waals surface area contributed by atoms with Crippen LogP contribution in [0.5, 0.6) is 0 Å². The van der Waals surface area contributed by atoms with Crippen molar-refractivity contribution < 1.29 is 4.74 Å². The smallest absolute Gasteiger partial charge is 0.193 e. The van der Waals surface area contributed by atoms with Gasteiger partial charge in [0.15, 0.2) is 5.96 Å². The van der Waals surface area contributed by atoms with Crippen molar-refractivity contribution in [1.29, 1.82) is 0 Å². The molecule has 1 aliphatic rings. The van der Waals surface area contributed by atoms with Crippen molar-refractivity contribution in [2.75, 3.05) is 54.0 Å². The lowest BCUT2D eigenvalue weighted by Crippen LogP contribution is -2.42. The number of benzene rings is 1. The standard InChI is InChI=1S/C19H32N4O.HI/c1-5-20-19(23(4)14-16-11-12-24-15-16)21-13-18(22(2)3)17-9-7-6-8-10-17;/h6-10,16,18H,5,11-15H2,1-4H3,(H,20,21);1H. The highest BCUT2D eigenvalue weighted by Gasteiger charge is 2.20. The average molecular weight is 460 g/mol. The Labute approximate surface area is 169 Å². The van der Waals surface area contributed by atoms with Gasteiger partial charge in [0, 0.05) is 32.7 Å². The van der Waals surface area contributed by atoms with Crippen molar-refractivity contribution in [3.05, 3.63) is 35.9 Å². The Morgan fingerprint density at radius 3 is 2.56 bits per heavy atom. The van der Waals surface area contributed by atoms with Crippen molar-refractivity contribution in [1.82, 2.24) is 15.1 Å². The third kappa shape index (κ3) is 7.11. The Bertz CT molecular complexity index is 503. The van der Waals surface area contributed by atoms with Gasteiger partial charge in [0.2, 0.25) is 0 Å². The summed E-state index contributed by atoms with van der Waals surface area (Å²) in [5.74, 6) is 1.59. The molecule has 5 nitrogen and oxygen atoms in total. The fraction of sp³-hybridized carbons (Fsp3) is 0.632. The molecule has 0 aromatic heterocycles. The van der Waals surface area contributed by atoms with Crippen molar-refractivity contribution in [2.45, 2.75) is 19.4 Å². The van der Waals surface area contributed by atoms with E-state index < -0.39 is 0 Å². The molecule has 0 aliphatic carbocycles. The third-order valence-corrected chi connectivity index (χ3v) is 4.47. The van der Waals surface area contributed by atoms with E-state index in [9.17, 15) is 0 Å². The number of likely N-dealkylation sites (N-methyl/N-ethyl adjacent to an activating group) is 1. The van der Waals surface area contributed by atoms with Gasteiger partial charge >= 0.3 is 0 Å². The lowest BCUT2D eigenvalue weighted by Gasteiger charge is -2.27. The molecule has 1 N–H and O–H groups in total. The Morgan fingerprint density at radius 2 is 2.00 bits per heavy atom. The lowest BCUT2D eigenvalue weighted by molar-refractivity contribution is 0.181. The van der Waals surface area contributed by atoms with Crippen LogP contribution in [0.4, 0.5) is 0 Å². The molecule has 2 unspecified atom stereocenters. The summed E-state index contributed by atoms with van der Waals surface area (Å²) in [4.78, 5) is 9.37. The summed E-state index contributed by atoms with van der Waals surface area (Å²) in [6, 6.07) is 10.9. The molecule has 142 valence electrons. The summed E-state index contributed by atoms with van der Waals surface area (Å²) in [5.41, 5.74) is 1.30. The number of aliphatic imine (C=N–C) groups is 1. The molecule has 1 aliphatic heterocycles. The first-order valence-electron chi connectivity index (χ1n) is 8.90. The minimum atomic E-state index is 0. The van der Waals surface area contributed by atoms with E-state index in [1.54, 1.807) is 0 Å². The Balaban J connectivity index is 0.00000312. The normalized spacial score (nSPS) is 18.8. The van der Waals surface area contributed by atoms with Crippen LogP contribution in [0.25, 0.3) is 0 Å². The molecule has 1 aromatic rings. The fourth-order valence-electron chi connectivity index (χ4n) is 3.09. The number of guanidine groups is 1. The van der Waals surface area contributed by atoms with E-state index in [2.05, 4.69) is 73.5 Å². The Hall–Kier alpha value is -0.860. The second-order valence-corrected chi connectivity index (χ2v) is 6.69. The highest BCUT2D eigenvalue weighted by molar-refractivity contribution is 14.0. The zero-order valence-corrected chi connectivity index (χ0v) is 18.3. The molecular weight excluding hydrogens is 427 g/mol. The van der Waals surface area contributed by atoms with Gasteiger partial charge in [-0.1, -0.05) is 30.3 Å². The molecule has 0 bridgehead atoms. The van der Waals surface area contributed by atoms with Crippen molar-refractivity contribution in [3.8, 4) is 0 Å². The van der Waals surface area contributed by atoms with Gasteiger partial charge < -0.3 is 19.9 Å². The number of nitrogens with one attached hydrogen (secondary N) is 1. The molecule has 0 radical (unpaired) electrons. The van der Waals surface area contributed by atoms with Crippen molar-refractivity contribution >= 4 is 29.9 Å². The van der Waals surface area contributed by atoms with E-state index in [-0.39, 0.29) is 30.0 Å². The second kappa shape index (κ2) is 11.7. The molecule has 6 heteroatoms. The summed E-state index contributed by atoms with van der Waals surface area (Å²) in [6.45, 7) is 6.48. The maximum atomic E-state index is 5.49. The molecule has 1 heterocycles. The van der Waals surface area contributed by atoms with E-state index in [1.165, 1.54) is 5.56 Å². The van der Waals surface area contributed by atoms with Gasteiger partial charge in [0.1, 0.15) is 0 Å². The molecule has 0 saturated carbocycles. The van der Waals surface area contributed by atoms with Crippen LogP contribution in [0.3, 0.4) is 0 Å². The zero-order chi connectivity index (χ0) is 17.4.